The highest BCUT2D eigenvalue weighted by atomic mass is 19.4. The zero-order valence-electron chi connectivity index (χ0n) is 7.87. The van der Waals surface area contributed by atoms with Gasteiger partial charge in [-0.05, 0) is 6.92 Å². The molecule has 0 aliphatic carbocycles. The lowest BCUT2D eigenvalue weighted by atomic mass is 10.2. The first-order valence-corrected chi connectivity index (χ1v) is 3.98. The van der Waals surface area contributed by atoms with Crippen molar-refractivity contribution in [3.8, 4) is 0 Å². The summed E-state index contributed by atoms with van der Waals surface area (Å²) >= 11 is 0. The van der Waals surface area contributed by atoms with Crippen LogP contribution in [0.4, 0.5) is 35.1 Å². The Morgan fingerprint density at radius 1 is 1.00 bits per heavy atom. The van der Waals surface area contributed by atoms with Gasteiger partial charge in [-0.15, -0.1) is 0 Å². The third-order valence-electron chi connectivity index (χ3n) is 1.68. The SMILES string of the molecule is CC(OCC(F)C(F)(F)F)C(F)(F)C(F)F. The molecule has 0 fully saturated rings. The van der Waals surface area contributed by atoms with Gasteiger partial charge in [-0.25, -0.2) is 13.2 Å². The quantitative estimate of drug-likeness (QED) is 0.690. The predicted molar refractivity (Wildman–Crippen MR) is 37.3 cm³/mol. The summed E-state index contributed by atoms with van der Waals surface area (Å²) in [5.74, 6) is -4.62. The van der Waals surface area contributed by atoms with Crippen molar-refractivity contribution >= 4 is 0 Å². The minimum atomic E-state index is -5.26. The zero-order chi connectivity index (χ0) is 13.1. The third kappa shape index (κ3) is 4.11. The molecule has 2 atom stereocenters. The number of halogens is 8. The fourth-order valence-corrected chi connectivity index (χ4v) is 0.612. The first kappa shape index (κ1) is 15.4. The molecule has 0 aromatic carbocycles. The molecule has 0 aliphatic heterocycles. The van der Waals surface area contributed by atoms with E-state index in [9.17, 15) is 35.1 Å². The Bertz CT molecular complexity index is 213. The average molecular weight is 260 g/mol. The Morgan fingerprint density at radius 2 is 1.44 bits per heavy atom. The first-order chi connectivity index (χ1) is 6.99. The molecule has 0 rings (SSSR count). The Kier molecular flexibility index (Phi) is 4.96. The van der Waals surface area contributed by atoms with E-state index in [4.69, 9.17) is 0 Å². The molecule has 0 bridgehead atoms. The van der Waals surface area contributed by atoms with Gasteiger partial charge in [-0.2, -0.15) is 22.0 Å². The van der Waals surface area contributed by atoms with Gasteiger partial charge in [0.25, 0.3) is 0 Å². The van der Waals surface area contributed by atoms with Gasteiger partial charge in [0.2, 0.25) is 6.17 Å². The maximum Gasteiger partial charge on any atom is 0.421 e. The molecule has 0 saturated heterocycles. The molecule has 2 unspecified atom stereocenters. The molecule has 0 spiro atoms. The monoisotopic (exact) mass is 260 g/mol. The van der Waals surface area contributed by atoms with Gasteiger partial charge in [-0.3, -0.25) is 0 Å². The summed E-state index contributed by atoms with van der Waals surface area (Å²) in [7, 11) is 0. The lowest BCUT2D eigenvalue weighted by Crippen LogP contribution is -2.42. The molecular formula is C7H8F8O. The second-order valence-corrected chi connectivity index (χ2v) is 2.96. The van der Waals surface area contributed by atoms with Crippen molar-refractivity contribution in [3.63, 3.8) is 0 Å². The molecule has 0 aliphatic rings. The molecule has 16 heavy (non-hydrogen) atoms. The molecule has 0 heterocycles. The maximum absolute atomic E-state index is 12.4. The largest absolute Gasteiger partial charge is 0.421 e. The Balaban J connectivity index is 4.23. The number of ether oxygens (including phenoxy) is 1. The van der Waals surface area contributed by atoms with Crippen molar-refractivity contribution in [3.05, 3.63) is 0 Å². The summed E-state index contributed by atoms with van der Waals surface area (Å²) in [5, 5.41) is 0. The van der Waals surface area contributed by atoms with Gasteiger partial charge in [-0.1, -0.05) is 0 Å². The number of hydrogen-bond donors (Lipinski definition) is 0. The smallest absolute Gasteiger partial charge is 0.369 e. The fraction of sp³-hybridized carbons (Fsp3) is 1.00. The normalized spacial score (nSPS) is 17.6. The van der Waals surface area contributed by atoms with E-state index in [0.717, 1.165) is 0 Å². The van der Waals surface area contributed by atoms with Crippen LogP contribution in [-0.4, -0.2) is 37.4 Å². The van der Waals surface area contributed by atoms with Crippen molar-refractivity contribution in [1.82, 2.24) is 0 Å². The van der Waals surface area contributed by atoms with E-state index in [1.54, 1.807) is 0 Å². The van der Waals surface area contributed by atoms with Crippen LogP contribution in [-0.2, 0) is 4.74 Å². The van der Waals surface area contributed by atoms with E-state index in [0.29, 0.717) is 6.92 Å². The lowest BCUT2D eigenvalue weighted by molar-refractivity contribution is -0.230. The Morgan fingerprint density at radius 3 is 1.75 bits per heavy atom. The van der Waals surface area contributed by atoms with Crippen LogP contribution >= 0.6 is 0 Å². The van der Waals surface area contributed by atoms with Crippen molar-refractivity contribution in [1.29, 1.82) is 0 Å². The van der Waals surface area contributed by atoms with Crippen LogP contribution in [0, 0.1) is 0 Å². The van der Waals surface area contributed by atoms with Gasteiger partial charge in [0, 0.05) is 0 Å². The summed E-state index contributed by atoms with van der Waals surface area (Å²) in [4.78, 5) is 0. The first-order valence-electron chi connectivity index (χ1n) is 3.98. The lowest BCUT2D eigenvalue weighted by Gasteiger charge is -2.24. The minimum absolute atomic E-state index is 0.440. The van der Waals surface area contributed by atoms with Crippen molar-refractivity contribution < 1.29 is 39.9 Å². The second kappa shape index (κ2) is 5.15. The molecule has 98 valence electrons. The summed E-state index contributed by atoms with van der Waals surface area (Å²) in [6.45, 7) is -1.30. The maximum atomic E-state index is 12.4. The van der Waals surface area contributed by atoms with E-state index in [2.05, 4.69) is 4.74 Å². The van der Waals surface area contributed by atoms with Crippen LogP contribution in [0.25, 0.3) is 0 Å². The highest BCUT2D eigenvalue weighted by Gasteiger charge is 2.48. The van der Waals surface area contributed by atoms with Gasteiger partial charge >= 0.3 is 18.5 Å². The number of hydrogen-bond acceptors (Lipinski definition) is 1. The average Bonchev–Trinajstić information content (AvgIpc) is 2.11. The number of rotatable bonds is 5. The molecule has 1 nitrogen and oxygen atoms in total. The minimum Gasteiger partial charge on any atom is -0.369 e. The van der Waals surface area contributed by atoms with Gasteiger partial charge in [0.05, 0.1) is 6.61 Å². The molecule has 0 radical (unpaired) electrons. The zero-order valence-corrected chi connectivity index (χ0v) is 7.87. The van der Waals surface area contributed by atoms with Crippen molar-refractivity contribution in [2.24, 2.45) is 0 Å². The predicted octanol–water partition coefficient (Wildman–Crippen LogP) is 3.19. The van der Waals surface area contributed by atoms with Crippen LogP contribution in [0.2, 0.25) is 0 Å². The highest BCUT2D eigenvalue weighted by molar-refractivity contribution is 4.78. The second-order valence-electron chi connectivity index (χ2n) is 2.96. The summed E-state index contributed by atoms with van der Waals surface area (Å²) in [6, 6.07) is 0. The van der Waals surface area contributed by atoms with E-state index in [1.807, 2.05) is 0 Å². The number of alkyl halides is 8. The van der Waals surface area contributed by atoms with Crippen LogP contribution in [0.5, 0.6) is 0 Å². The molecule has 0 saturated carbocycles. The molecule has 9 heteroatoms. The third-order valence-corrected chi connectivity index (χ3v) is 1.68. The van der Waals surface area contributed by atoms with E-state index >= 15 is 0 Å². The Labute approximate surface area is 85.4 Å². The Hall–Kier alpha value is -0.600. The molecule has 0 N–H and O–H groups in total. The molecule has 0 amide bonds. The molecule has 0 aromatic heterocycles. The highest BCUT2D eigenvalue weighted by Crippen LogP contribution is 2.30. The van der Waals surface area contributed by atoms with E-state index < -0.39 is 37.4 Å². The topological polar surface area (TPSA) is 9.23 Å². The summed E-state index contributed by atoms with van der Waals surface area (Å²) in [6.07, 6.45) is -15.3. The van der Waals surface area contributed by atoms with E-state index in [1.165, 1.54) is 0 Å². The fourth-order valence-electron chi connectivity index (χ4n) is 0.612. The van der Waals surface area contributed by atoms with Crippen molar-refractivity contribution in [2.75, 3.05) is 6.61 Å². The van der Waals surface area contributed by atoms with Gasteiger partial charge in [0.1, 0.15) is 6.10 Å². The summed E-state index contributed by atoms with van der Waals surface area (Å²) in [5.41, 5.74) is 0. The molecule has 0 aromatic rings. The van der Waals surface area contributed by atoms with E-state index in [-0.39, 0.29) is 0 Å². The van der Waals surface area contributed by atoms with Gasteiger partial charge < -0.3 is 4.74 Å². The van der Waals surface area contributed by atoms with Gasteiger partial charge in [0.15, 0.2) is 0 Å². The van der Waals surface area contributed by atoms with Crippen LogP contribution in [0.3, 0.4) is 0 Å². The van der Waals surface area contributed by atoms with Crippen molar-refractivity contribution in [2.45, 2.75) is 37.7 Å². The van der Waals surface area contributed by atoms with Crippen LogP contribution in [0.1, 0.15) is 6.92 Å². The standard InChI is InChI=1S/C7H8F8O/c1-3(6(11,12)5(9)10)16-2-4(8)7(13,14)15/h3-5H,2H2,1H3. The van der Waals surface area contributed by atoms with Crippen LogP contribution < -0.4 is 0 Å². The summed E-state index contributed by atoms with van der Waals surface area (Å²) < 4.78 is 98.8. The molecular weight excluding hydrogens is 252 g/mol. The van der Waals surface area contributed by atoms with Crippen LogP contribution in [0.15, 0.2) is 0 Å².